The standard InChI is InChI=1S/C33H52N2O/c1-3-5-7-9-10-11-16-28-26-34-33(35-27-28)31-21-23-32(24-22-31)36-25-15-20-30-19-14-13-18-29(30)17-12-8-6-4-2/h21-24,26-27,29-30H,3-20,25H2,1-2H3. The van der Waals surface area contributed by atoms with Crippen LogP contribution in [0.4, 0.5) is 0 Å². The van der Waals surface area contributed by atoms with E-state index in [0.29, 0.717) is 0 Å². The molecule has 1 aromatic carbocycles. The molecule has 36 heavy (non-hydrogen) atoms. The molecule has 2 unspecified atom stereocenters. The van der Waals surface area contributed by atoms with Gasteiger partial charge in [-0.05, 0) is 67.3 Å². The van der Waals surface area contributed by atoms with Crippen LogP contribution in [0.25, 0.3) is 11.4 Å². The summed E-state index contributed by atoms with van der Waals surface area (Å²) in [6.45, 7) is 5.39. The fourth-order valence-corrected chi connectivity index (χ4v) is 5.86. The van der Waals surface area contributed by atoms with Gasteiger partial charge in [-0.3, -0.25) is 0 Å². The molecule has 0 radical (unpaired) electrons. The van der Waals surface area contributed by atoms with Gasteiger partial charge in [0.05, 0.1) is 6.61 Å². The van der Waals surface area contributed by atoms with E-state index in [9.17, 15) is 0 Å². The molecule has 0 spiro atoms. The van der Waals surface area contributed by atoms with Crippen LogP contribution < -0.4 is 4.74 Å². The van der Waals surface area contributed by atoms with Gasteiger partial charge in [0.2, 0.25) is 0 Å². The van der Waals surface area contributed by atoms with Crippen LogP contribution in [0.1, 0.15) is 129 Å². The summed E-state index contributed by atoms with van der Waals surface area (Å²) in [5.74, 6) is 3.65. The van der Waals surface area contributed by atoms with Crippen molar-refractivity contribution in [3.63, 3.8) is 0 Å². The average molecular weight is 493 g/mol. The number of aryl methyl sites for hydroxylation is 1. The Kier molecular flexibility index (Phi) is 14.0. The van der Waals surface area contributed by atoms with E-state index in [1.165, 1.54) is 115 Å². The SMILES string of the molecule is CCCCCCCCc1cnc(-c2ccc(OCCCC3CCCCC3CCCCCC)cc2)nc1. The summed E-state index contributed by atoms with van der Waals surface area (Å²) >= 11 is 0. The fourth-order valence-electron chi connectivity index (χ4n) is 5.86. The first-order valence-electron chi connectivity index (χ1n) is 15.3. The third kappa shape index (κ3) is 10.6. The summed E-state index contributed by atoms with van der Waals surface area (Å²) in [4.78, 5) is 9.24. The van der Waals surface area contributed by atoms with E-state index in [-0.39, 0.29) is 0 Å². The summed E-state index contributed by atoms with van der Waals surface area (Å²) in [5, 5.41) is 0. The second kappa shape index (κ2) is 17.5. The second-order valence-electron chi connectivity index (χ2n) is 11.1. The lowest BCUT2D eigenvalue weighted by Crippen LogP contribution is -2.20. The molecule has 3 heteroatoms. The van der Waals surface area contributed by atoms with Crippen molar-refractivity contribution in [2.75, 3.05) is 6.61 Å². The second-order valence-corrected chi connectivity index (χ2v) is 11.1. The minimum atomic E-state index is 0.801. The third-order valence-electron chi connectivity index (χ3n) is 8.12. The Morgan fingerprint density at radius 3 is 1.94 bits per heavy atom. The summed E-state index contributed by atoms with van der Waals surface area (Å²) in [6, 6.07) is 8.32. The number of hydrogen-bond donors (Lipinski definition) is 0. The van der Waals surface area contributed by atoms with Gasteiger partial charge in [0.25, 0.3) is 0 Å². The third-order valence-corrected chi connectivity index (χ3v) is 8.12. The number of unbranched alkanes of at least 4 members (excludes halogenated alkanes) is 8. The number of rotatable bonds is 18. The minimum Gasteiger partial charge on any atom is -0.494 e. The van der Waals surface area contributed by atoms with Crippen molar-refractivity contribution < 1.29 is 4.74 Å². The molecule has 0 bridgehead atoms. The van der Waals surface area contributed by atoms with E-state index >= 15 is 0 Å². The molecule has 0 aliphatic heterocycles. The van der Waals surface area contributed by atoms with E-state index in [0.717, 1.165) is 42.0 Å². The molecular formula is C33H52N2O. The van der Waals surface area contributed by atoms with Crippen LogP contribution >= 0.6 is 0 Å². The van der Waals surface area contributed by atoms with Crippen LogP contribution in [-0.4, -0.2) is 16.6 Å². The Bertz CT molecular complexity index is 801. The van der Waals surface area contributed by atoms with Crippen LogP contribution in [0, 0.1) is 11.8 Å². The molecule has 1 aliphatic carbocycles. The molecule has 1 aliphatic rings. The maximum atomic E-state index is 6.09. The van der Waals surface area contributed by atoms with Gasteiger partial charge in [-0.15, -0.1) is 0 Å². The molecule has 1 heterocycles. The molecule has 0 amide bonds. The molecule has 3 rings (SSSR count). The van der Waals surface area contributed by atoms with Crippen molar-refractivity contribution in [3.8, 4) is 17.1 Å². The average Bonchev–Trinajstić information content (AvgIpc) is 2.92. The van der Waals surface area contributed by atoms with Gasteiger partial charge >= 0.3 is 0 Å². The predicted molar refractivity (Wildman–Crippen MR) is 153 cm³/mol. The van der Waals surface area contributed by atoms with Crippen molar-refractivity contribution >= 4 is 0 Å². The molecule has 1 saturated carbocycles. The first-order valence-corrected chi connectivity index (χ1v) is 15.3. The number of benzene rings is 1. The highest BCUT2D eigenvalue weighted by atomic mass is 16.5. The van der Waals surface area contributed by atoms with E-state index in [2.05, 4.69) is 48.1 Å². The smallest absolute Gasteiger partial charge is 0.159 e. The van der Waals surface area contributed by atoms with Crippen LogP contribution in [0.15, 0.2) is 36.7 Å². The first kappa shape index (κ1) is 28.7. The van der Waals surface area contributed by atoms with Crippen molar-refractivity contribution in [2.45, 2.75) is 129 Å². The minimum absolute atomic E-state index is 0.801. The maximum absolute atomic E-state index is 6.09. The summed E-state index contributed by atoms with van der Waals surface area (Å²) < 4.78 is 6.09. The number of ether oxygens (including phenoxy) is 1. The zero-order valence-electron chi connectivity index (χ0n) is 23.4. The Morgan fingerprint density at radius 2 is 1.28 bits per heavy atom. The van der Waals surface area contributed by atoms with Gasteiger partial charge in [-0.2, -0.15) is 0 Å². The van der Waals surface area contributed by atoms with Gasteiger partial charge in [0.1, 0.15) is 5.75 Å². The normalized spacial score (nSPS) is 17.8. The lowest BCUT2D eigenvalue weighted by atomic mass is 9.74. The molecular weight excluding hydrogens is 440 g/mol. The Morgan fingerprint density at radius 1 is 0.694 bits per heavy atom. The lowest BCUT2D eigenvalue weighted by Gasteiger charge is -2.31. The Balaban J connectivity index is 1.35. The van der Waals surface area contributed by atoms with Crippen LogP contribution in [0.2, 0.25) is 0 Å². The summed E-state index contributed by atoms with van der Waals surface area (Å²) in [6.07, 6.45) is 28.3. The van der Waals surface area contributed by atoms with Gasteiger partial charge < -0.3 is 4.74 Å². The van der Waals surface area contributed by atoms with Crippen LogP contribution in [0.5, 0.6) is 5.75 Å². The Hall–Kier alpha value is -1.90. The van der Waals surface area contributed by atoms with E-state index in [1.807, 2.05) is 12.4 Å². The molecule has 200 valence electrons. The topological polar surface area (TPSA) is 35.0 Å². The molecule has 1 aromatic heterocycles. The highest BCUT2D eigenvalue weighted by Crippen LogP contribution is 2.36. The number of aromatic nitrogens is 2. The van der Waals surface area contributed by atoms with Crippen LogP contribution in [-0.2, 0) is 6.42 Å². The van der Waals surface area contributed by atoms with Gasteiger partial charge in [0, 0.05) is 18.0 Å². The van der Waals surface area contributed by atoms with Crippen molar-refractivity contribution in [2.24, 2.45) is 11.8 Å². The molecule has 0 saturated heterocycles. The lowest BCUT2D eigenvalue weighted by molar-refractivity contribution is 0.190. The predicted octanol–water partition coefficient (Wildman–Crippen LogP) is 9.98. The van der Waals surface area contributed by atoms with Gasteiger partial charge in [-0.1, -0.05) is 104 Å². The largest absolute Gasteiger partial charge is 0.494 e. The zero-order valence-corrected chi connectivity index (χ0v) is 23.4. The van der Waals surface area contributed by atoms with E-state index in [4.69, 9.17) is 4.74 Å². The van der Waals surface area contributed by atoms with Gasteiger partial charge in [0.15, 0.2) is 5.82 Å². The summed E-state index contributed by atoms with van der Waals surface area (Å²) in [5.41, 5.74) is 2.30. The number of nitrogens with zero attached hydrogens (tertiary/aromatic N) is 2. The molecule has 2 aromatic rings. The fraction of sp³-hybridized carbons (Fsp3) is 0.697. The van der Waals surface area contributed by atoms with Crippen molar-refractivity contribution in [1.29, 1.82) is 0 Å². The van der Waals surface area contributed by atoms with Gasteiger partial charge in [-0.25, -0.2) is 9.97 Å². The first-order chi connectivity index (χ1) is 17.8. The van der Waals surface area contributed by atoms with Crippen molar-refractivity contribution in [3.05, 3.63) is 42.2 Å². The molecule has 1 fully saturated rings. The molecule has 2 atom stereocenters. The van der Waals surface area contributed by atoms with E-state index in [1.54, 1.807) is 0 Å². The monoisotopic (exact) mass is 492 g/mol. The highest BCUT2D eigenvalue weighted by molar-refractivity contribution is 5.55. The van der Waals surface area contributed by atoms with E-state index < -0.39 is 0 Å². The maximum Gasteiger partial charge on any atom is 0.159 e. The molecule has 3 nitrogen and oxygen atoms in total. The highest BCUT2D eigenvalue weighted by Gasteiger charge is 2.24. The van der Waals surface area contributed by atoms with Crippen molar-refractivity contribution in [1.82, 2.24) is 9.97 Å². The summed E-state index contributed by atoms with van der Waals surface area (Å²) in [7, 11) is 0. The Labute approximate surface area is 221 Å². The number of hydrogen-bond acceptors (Lipinski definition) is 3. The molecule has 0 N–H and O–H groups in total. The van der Waals surface area contributed by atoms with Crippen LogP contribution in [0.3, 0.4) is 0 Å². The quantitative estimate of drug-likeness (QED) is 0.194. The zero-order chi connectivity index (χ0) is 25.3.